The molecule has 0 aliphatic heterocycles. The first-order valence-corrected chi connectivity index (χ1v) is 6.41. The Bertz CT molecular complexity index is 660. The van der Waals surface area contributed by atoms with Crippen molar-refractivity contribution in [3.63, 3.8) is 0 Å². The molecule has 3 nitrogen and oxygen atoms in total. The third kappa shape index (κ3) is 2.71. The number of nitrogens with one attached hydrogen (secondary N) is 1. The topological polar surface area (TPSA) is 37.8 Å². The molecular weight excluding hydrogens is 234 g/mol. The highest BCUT2D eigenvalue weighted by Crippen LogP contribution is 2.16. The first-order chi connectivity index (χ1) is 9.43. The SMILES string of the molecule is c1ccc(NCCc2cccc3cccnc23)nc1. The first-order valence-electron chi connectivity index (χ1n) is 6.41. The first kappa shape index (κ1) is 11.7. The molecule has 2 heterocycles. The van der Waals surface area contributed by atoms with Gasteiger partial charge in [0.15, 0.2) is 0 Å². The molecule has 0 spiro atoms. The second kappa shape index (κ2) is 5.48. The van der Waals surface area contributed by atoms with Crippen LogP contribution in [0.5, 0.6) is 0 Å². The van der Waals surface area contributed by atoms with Crippen LogP contribution in [0.15, 0.2) is 60.9 Å². The van der Waals surface area contributed by atoms with Gasteiger partial charge in [-0.25, -0.2) is 4.98 Å². The number of hydrogen-bond acceptors (Lipinski definition) is 3. The van der Waals surface area contributed by atoms with E-state index in [0.717, 1.165) is 24.3 Å². The van der Waals surface area contributed by atoms with Crippen LogP contribution in [-0.2, 0) is 6.42 Å². The largest absolute Gasteiger partial charge is 0.370 e. The lowest BCUT2D eigenvalue weighted by atomic mass is 10.1. The summed E-state index contributed by atoms with van der Waals surface area (Å²) in [5.41, 5.74) is 2.36. The fourth-order valence-corrected chi connectivity index (χ4v) is 2.16. The van der Waals surface area contributed by atoms with Gasteiger partial charge in [-0.1, -0.05) is 30.3 Å². The van der Waals surface area contributed by atoms with Crippen molar-refractivity contribution in [3.05, 3.63) is 66.5 Å². The lowest BCUT2D eigenvalue weighted by Crippen LogP contribution is -2.06. The Morgan fingerprint density at radius 1 is 0.842 bits per heavy atom. The van der Waals surface area contributed by atoms with Gasteiger partial charge in [0.1, 0.15) is 5.82 Å². The molecule has 1 N–H and O–H groups in total. The van der Waals surface area contributed by atoms with Gasteiger partial charge in [0, 0.05) is 24.3 Å². The van der Waals surface area contributed by atoms with Crippen LogP contribution in [0.4, 0.5) is 5.82 Å². The third-order valence-electron chi connectivity index (χ3n) is 3.08. The number of aromatic nitrogens is 2. The number of anilines is 1. The number of pyridine rings is 2. The molecule has 0 saturated carbocycles. The fourth-order valence-electron chi connectivity index (χ4n) is 2.16. The van der Waals surface area contributed by atoms with Crippen molar-refractivity contribution in [2.75, 3.05) is 11.9 Å². The van der Waals surface area contributed by atoms with E-state index in [1.54, 1.807) is 6.20 Å². The number of hydrogen-bond donors (Lipinski definition) is 1. The van der Waals surface area contributed by atoms with Gasteiger partial charge < -0.3 is 5.32 Å². The molecule has 0 radical (unpaired) electrons. The standard InChI is InChI=1S/C16H15N3/c1-2-10-17-15(8-1)18-12-9-14-6-3-5-13-7-4-11-19-16(13)14/h1-8,10-11H,9,12H2,(H,17,18). The van der Waals surface area contributed by atoms with Gasteiger partial charge in [0.25, 0.3) is 0 Å². The smallest absolute Gasteiger partial charge is 0.125 e. The van der Waals surface area contributed by atoms with Gasteiger partial charge in [-0.15, -0.1) is 0 Å². The normalized spacial score (nSPS) is 10.5. The van der Waals surface area contributed by atoms with Crippen LogP contribution in [0.2, 0.25) is 0 Å². The summed E-state index contributed by atoms with van der Waals surface area (Å²) < 4.78 is 0. The maximum Gasteiger partial charge on any atom is 0.125 e. The zero-order valence-corrected chi connectivity index (χ0v) is 10.6. The molecule has 0 aliphatic carbocycles. The van der Waals surface area contributed by atoms with Crippen molar-refractivity contribution in [1.29, 1.82) is 0 Å². The van der Waals surface area contributed by atoms with E-state index < -0.39 is 0 Å². The summed E-state index contributed by atoms with van der Waals surface area (Å²) in [7, 11) is 0. The minimum atomic E-state index is 0.854. The number of benzene rings is 1. The second-order valence-electron chi connectivity index (χ2n) is 4.38. The lowest BCUT2D eigenvalue weighted by molar-refractivity contribution is 1.01. The van der Waals surface area contributed by atoms with Crippen LogP contribution in [-0.4, -0.2) is 16.5 Å². The minimum absolute atomic E-state index is 0.854. The fraction of sp³-hybridized carbons (Fsp3) is 0.125. The summed E-state index contributed by atoms with van der Waals surface area (Å²) in [4.78, 5) is 8.71. The van der Waals surface area contributed by atoms with Crippen LogP contribution < -0.4 is 5.32 Å². The number of fused-ring (bicyclic) bond motifs is 1. The zero-order chi connectivity index (χ0) is 12.9. The summed E-state index contributed by atoms with van der Waals surface area (Å²) in [6.45, 7) is 0.854. The number of para-hydroxylation sites is 1. The molecular formula is C16H15N3. The molecule has 3 aromatic rings. The van der Waals surface area contributed by atoms with E-state index in [4.69, 9.17) is 0 Å². The molecule has 0 atom stereocenters. The van der Waals surface area contributed by atoms with Gasteiger partial charge in [0.2, 0.25) is 0 Å². The lowest BCUT2D eigenvalue weighted by Gasteiger charge is -2.07. The van der Waals surface area contributed by atoms with Crippen LogP contribution >= 0.6 is 0 Å². The minimum Gasteiger partial charge on any atom is -0.370 e. The monoisotopic (exact) mass is 249 g/mol. The van der Waals surface area contributed by atoms with E-state index in [1.807, 2.05) is 30.5 Å². The van der Waals surface area contributed by atoms with E-state index in [9.17, 15) is 0 Å². The van der Waals surface area contributed by atoms with Crippen molar-refractivity contribution in [2.24, 2.45) is 0 Å². The zero-order valence-electron chi connectivity index (χ0n) is 10.6. The predicted octanol–water partition coefficient (Wildman–Crippen LogP) is 3.28. The van der Waals surface area contributed by atoms with Gasteiger partial charge in [0.05, 0.1) is 5.52 Å². The highest BCUT2D eigenvalue weighted by molar-refractivity contribution is 5.81. The summed E-state index contributed by atoms with van der Waals surface area (Å²) in [5, 5.41) is 4.51. The molecule has 0 aliphatic rings. The van der Waals surface area contributed by atoms with Crippen molar-refractivity contribution < 1.29 is 0 Å². The number of nitrogens with zero attached hydrogens (tertiary/aromatic N) is 2. The van der Waals surface area contributed by atoms with Crippen LogP contribution in [0.1, 0.15) is 5.56 Å². The van der Waals surface area contributed by atoms with Crippen molar-refractivity contribution in [3.8, 4) is 0 Å². The molecule has 0 bridgehead atoms. The summed E-state index contributed by atoms with van der Waals surface area (Å²) in [6.07, 6.45) is 4.57. The Balaban J connectivity index is 1.72. The quantitative estimate of drug-likeness (QED) is 0.771. The number of rotatable bonds is 4. The Labute approximate surface area is 112 Å². The maximum absolute atomic E-state index is 4.46. The Kier molecular flexibility index (Phi) is 3.36. The maximum atomic E-state index is 4.46. The van der Waals surface area contributed by atoms with Crippen molar-refractivity contribution in [2.45, 2.75) is 6.42 Å². The molecule has 0 fully saturated rings. The Morgan fingerprint density at radius 2 is 1.74 bits per heavy atom. The highest BCUT2D eigenvalue weighted by atomic mass is 15.0. The molecule has 3 rings (SSSR count). The van der Waals surface area contributed by atoms with E-state index in [0.29, 0.717) is 0 Å². The second-order valence-corrected chi connectivity index (χ2v) is 4.38. The molecule has 2 aromatic heterocycles. The van der Waals surface area contributed by atoms with Crippen LogP contribution in [0.3, 0.4) is 0 Å². The van der Waals surface area contributed by atoms with E-state index >= 15 is 0 Å². The predicted molar refractivity (Wildman–Crippen MR) is 78.2 cm³/mol. The average molecular weight is 249 g/mol. The van der Waals surface area contributed by atoms with Gasteiger partial charge in [-0.3, -0.25) is 4.98 Å². The molecule has 19 heavy (non-hydrogen) atoms. The average Bonchev–Trinajstić information content (AvgIpc) is 2.49. The molecule has 3 heteroatoms. The van der Waals surface area contributed by atoms with Crippen LogP contribution in [0.25, 0.3) is 10.9 Å². The molecule has 0 unspecified atom stereocenters. The van der Waals surface area contributed by atoms with Gasteiger partial charge in [-0.2, -0.15) is 0 Å². The van der Waals surface area contributed by atoms with Crippen molar-refractivity contribution >= 4 is 16.7 Å². The van der Waals surface area contributed by atoms with Gasteiger partial charge in [-0.05, 0) is 30.2 Å². The summed E-state index contributed by atoms with van der Waals surface area (Å²) >= 11 is 0. The Morgan fingerprint density at radius 3 is 2.63 bits per heavy atom. The molecule has 94 valence electrons. The van der Waals surface area contributed by atoms with Crippen molar-refractivity contribution in [1.82, 2.24) is 9.97 Å². The highest BCUT2D eigenvalue weighted by Gasteiger charge is 2.01. The third-order valence-corrected chi connectivity index (χ3v) is 3.08. The summed E-state index contributed by atoms with van der Waals surface area (Å²) in [6, 6.07) is 16.2. The van der Waals surface area contributed by atoms with Crippen LogP contribution in [0, 0.1) is 0 Å². The molecule has 0 saturated heterocycles. The summed E-state index contributed by atoms with van der Waals surface area (Å²) in [5.74, 6) is 0.913. The Hall–Kier alpha value is -2.42. The van der Waals surface area contributed by atoms with E-state index in [-0.39, 0.29) is 0 Å². The van der Waals surface area contributed by atoms with E-state index in [1.165, 1.54) is 10.9 Å². The molecule has 0 amide bonds. The van der Waals surface area contributed by atoms with Gasteiger partial charge >= 0.3 is 0 Å². The molecule has 1 aromatic carbocycles. The van der Waals surface area contributed by atoms with E-state index in [2.05, 4.69) is 39.6 Å².